The quantitative estimate of drug-likeness (QED) is 0.468. The molecule has 0 atom stereocenters. The summed E-state index contributed by atoms with van der Waals surface area (Å²) in [6, 6.07) is 12.6. The summed E-state index contributed by atoms with van der Waals surface area (Å²) >= 11 is 0. The number of non-ortho nitro benzene ring substituents is 1. The van der Waals surface area contributed by atoms with E-state index in [1.807, 2.05) is 0 Å². The second-order valence-corrected chi connectivity index (χ2v) is 4.16. The summed E-state index contributed by atoms with van der Waals surface area (Å²) in [5, 5.41) is 10.7. The van der Waals surface area contributed by atoms with E-state index in [4.69, 9.17) is 4.74 Å². The Balaban J connectivity index is 2.16. The van der Waals surface area contributed by atoms with E-state index in [1.165, 1.54) is 12.1 Å². The molecule has 0 heterocycles. The van der Waals surface area contributed by atoms with Gasteiger partial charge in [-0.2, -0.15) is 0 Å². The lowest BCUT2D eigenvalue weighted by Gasteiger charge is -2.06. The molecule has 0 aliphatic heterocycles. The molecule has 0 spiro atoms. The Morgan fingerprint density at radius 2 is 1.85 bits per heavy atom. The van der Waals surface area contributed by atoms with Crippen LogP contribution in [0, 0.1) is 10.1 Å². The number of ether oxygens (including phenoxy) is 1. The molecule has 5 nitrogen and oxygen atoms in total. The predicted molar refractivity (Wildman–Crippen MR) is 74.2 cm³/mol. The normalized spacial score (nSPS) is 10.1. The summed E-state index contributed by atoms with van der Waals surface area (Å²) in [6.07, 6.45) is 0.449. The highest BCUT2D eigenvalue weighted by Gasteiger charge is 2.07. The summed E-state index contributed by atoms with van der Waals surface area (Å²) in [5.74, 6) is 0.971. The second kappa shape index (κ2) is 5.97. The Bertz CT molecular complexity index is 635. The van der Waals surface area contributed by atoms with Gasteiger partial charge in [0.1, 0.15) is 11.5 Å². The first-order valence-corrected chi connectivity index (χ1v) is 6.15. The molecular weight excluding hydrogens is 258 g/mol. The fourth-order valence-corrected chi connectivity index (χ4v) is 1.71. The van der Waals surface area contributed by atoms with Gasteiger partial charge in [-0.15, -0.1) is 0 Å². The van der Waals surface area contributed by atoms with Gasteiger partial charge in [0, 0.05) is 18.1 Å². The van der Waals surface area contributed by atoms with Crippen LogP contribution in [0.3, 0.4) is 0 Å². The van der Waals surface area contributed by atoms with Crippen LogP contribution in [-0.4, -0.2) is 10.7 Å². The highest BCUT2D eigenvalue weighted by molar-refractivity contribution is 5.95. The van der Waals surface area contributed by atoms with Gasteiger partial charge in [-0.1, -0.05) is 13.0 Å². The molecule has 5 heteroatoms. The Morgan fingerprint density at radius 3 is 2.45 bits per heavy atom. The molecule has 20 heavy (non-hydrogen) atoms. The molecule has 0 saturated carbocycles. The summed E-state index contributed by atoms with van der Waals surface area (Å²) in [7, 11) is 0. The van der Waals surface area contributed by atoms with Crippen LogP contribution in [0.5, 0.6) is 11.5 Å². The van der Waals surface area contributed by atoms with Gasteiger partial charge < -0.3 is 4.74 Å². The minimum absolute atomic E-state index is 0.0275. The third kappa shape index (κ3) is 3.20. The second-order valence-electron chi connectivity index (χ2n) is 4.16. The fourth-order valence-electron chi connectivity index (χ4n) is 1.71. The van der Waals surface area contributed by atoms with Crippen molar-refractivity contribution in [1.29, 1.82) is 0 Å². The minimum atomic E-state index is -0.476. The van der Waals surface area contributed by atoms with E-state index in [0.29, 0.717) is 23.5 Å². The van der Waals surface area contributed by atoms with E-state index < -0.39 is 4.92 Å². The van der Waals surface area contributed by atoms with Crippen LogP contribution in [0.4, 0.5) is 5.69 Å². The van der Waals surface area contributed by atoms with Gasteiger partial charge in [-0.3, -0.25) is 14.9 Å². The summed E-state index contributed by atoms with van der Waals surface area (Å²) in [6.45, 7) is 1.80. The maximum absolute atomic E-state index is 11.5. The highest BCUT2D eigenvalue weighted by Crippen LogP contribution is 2.25. The van der Waals surface area contributed by atoms with E-state index in [2.05, 4.69) is 0 Å². The van der Waals surface area contributed by atoms with Crippen LogP contribution in [0.1, 0.15) is 23.7 Å². The van der Waals surface area contributed by atoms with Gasteiger partial charge in [0.2, 0.25) is 0 Å². The van der Waals surface area contributed by atoms with E-state index in [-0.39, 0.29) is 11.5 Å². The first-order valence-electron chi connectivity index (χ1n) is 6.15. The fraction of sp³-hybridized carbons (Fsp3) is 0.133. The minimum Gasteiger partial charge on any atom is -0.457 e. The maximum atomic E-state index is 11.5. The van der Waals surface area contributed by atoms with Crippen LogP contribution >= 0.6 is 0 Å². The molecule has 0 aromatic heterocycles. The van der Waals surface area contributed by atoms with Crippen molar-refractivity contribution < 1.29 is 14.5 Å². The molecule has 0 radical (unpaired) electrons. The van der Waals surface area contributed by atoms with Gasteiger partial charge in [0.15, 0.2) is 5.78 Å². The number of nitrogens with zero attached hydrogens (tertiary/aromatic N) is 1. The largest absolute Gasteiger partial charge is 0.457 e. The van der Waals surface area contributed by atoms with Crippen molar-refractivity contribution in [3.8, 4) is 11.5 Å². The van der Waals surface area contributed by atoms with Crippen LogP contribution in [-0.2, 0) is 0 Å². The molecule has 102 valence electrons. The van der Waals surface area contributed by atoms with Crippen molar-refractivity contribution >= 4 is 11.5 Å². The number of carbonyl (C=O) groups is 1. The summed E-state index contributed by atoms with van der Waals surface area (Å²) in [5.41, 5.74) is 0.596. The zero-order valence-corrected chi connectivity index (χ0v) is 10.9. The Morgan fingerprint density at radius 1 is 1.15 bits per heavy atom. The van der Waals surface area contributed by atoms with Crippen molar-refractivity contribution in [3.05, 3.63) is 64.2 Å². The van der Waals surface area contributed by atoms with E-state index in [1.54, 1.807) is 43.3 Å². The van der Waals surface area contributed by atoms with Crippen LogP contribution in [0.15, 0.2) is 48.5 Å². The first kappa shape index (κ1) is 13.7. The maximum Gasteiger partial charge on any atom is 0.273 e. The van der Waals surface area contributed by atoms with Gasteiger partial charge >= 0.3 is 0 Å². The molecular formula is C15H13NO4. The molecule has 2 aromatic carbocycles. The van der Waals surface area contributed by atoms with E-state index in [0.717, 1.165) is 0 Å². The molecule has 0 N–H and O–H groups in total. The zero-order chi connectivity index (χ0) is 14.5. The summed E-state index contributed by atoms with van der Waals surface area (Å²) in [4.78, 5) is 21.7. The lowest BCUT2D eigenvalue weighted by Crippen LogP contribution is -1.95. The monoisotopic (exact) mass is 271 g/mol. The molecule has 2 aromatic rings. The van der Waals surface area contributed by atoms with Crippen molar-refractivity contribution in [2.24, 2.45) is 0 Å². The Hall–Kier alpha value is -2.69. The summed E-state index contributed by atoms with van der Waals surface area (Å²) < 4.78 is 5.52. The molecule has 2 rings (SSSR count). The highest BCUT2D eigenvalue weighted by atomic mass is 16.6. The van der Waals surface area contributed by atoms with Crippen molar-refractivity contribution in [2.75, 3.05) is 0 Å². The SMILES string of the molecule is CCC(=O)c1ccc(Oc2cccc([N+](=O)[O-])c2)cc1. The molecule has 0 aliphatic rings. The number of ketones is 1. The van der Waals surface area contributed by atoms with Crippen LogP contribution in [0.2, 0.25) is 0 Å². The number of hydrogen-bond donors (Lipinski definition) is 0. The lowest BCUT2D eigenvalue weighted by molar-refractivity contribution is -0.384. The van der Waals surface area contributed by atoms with Crippen molar-refractivity contribution in [2.45, 2.75) is 13.3 Å². The van der Waals surface area contributed by atoms with E-state index in [9.17, 15) is 14.9 Å². The van der Waals surface area contributed by atoms with E-state index >= 15 is 0 Å². The van der Waals surface area contributed by atoms with Gasteiger partial charge in [0.05, 0.1) is 11.0 Å². The number of hydrogen-bond acceptors (Lipinski definition) is 4. The standard InChI is InChI=1S/C15H13NO4/c1-2-15(17)11-6-8-13(9-7-11)20-14-5-3-4-12(10-14)16(18)19/h3-10H,2H2,1H3. The van der Waals surface area contributed by atoms with Crippen molar-refractivity contribution in [1.82, 2.24) is 0 Å². The van der Waals surface area contributed by atoms with Crippen LogP contribution in [0.25, 0.3) is 0 Å². The average Bonchev–Trinajstić information content (AvgIpc) is 2.47. The zero-order valence-electron chi connectivity index (χ0n) is 10.9. The molecule has 0 bridgehead atoms. The number of carbonyl (C=O) groups excluding carboxylic acids is 1. The third-order valence-electron chi connectivity index (χ3n) is 2.76. The predicted octanol–water partition coefficient (Wildman–Crippen LogP) is 3.98. The Kier molecular flexibility index (Phi) is 4.10. The molecule has 0 saturated heterocycles. The lowest BCUT2D eigenvalue weighted by atomic mass is 10.1. The third-order valence-corrected chi connectivity index (χ3v) is 2.76. The number of benzene rings is 2. The average molecular weight is 271 g/mol. The van der Waals surface area contributed by atoms with Crippen LogP contribution < -0.4 is 4.74 Å². The smallest absolute Gasteiger partial charge is 0.273 e. The number of nitro benzene ring substituents is 1. The Labute approximate surface area is 116 Å². The molecule has 0 amide bonds. The number of Topliss-reactive ketones (excluding diaryl/α,β-unsaturated/α-hetero) is 1. The molecule has 0 unspecified atom stereocenters. The van der Waals surface area contributed by atoms with Gasteiger partial charge in [0.25, 0.3) is 5.69 Å². The number of nitro groups is 1. The topological polar surface area (TPSA) is 69.4 Å². The van der Waals surface area contributed by atoms with Gasteiger partial charge in [-0.05, 0) is 30.3 Å². The molecule has 0 fully saturated rings. The number of rotatable bonds is 5. The van der Waals surface area contributed by atoms with Gasteiger partial charge in [-0.25, -0.2) is 0 Å². The van der Waals surface area contributed by atoms with Crippen molar-refractivity contribution in [3.63, 3.8) is 0 Å². The first-order chi connectivity index (χ1) is 9.60. The molecule has 0 aliphatic carbocycles.